The van der Waals surface area contributed by atoms with Gasteiger partial charge >= 0.3 is 12.1 Å². The van der Waals surface area contributed by atoms with Crippen molar-refractivity contribution < 1.29 is 44.7 Å². The van der Waals surface area contributed by atoms with Gasteiger partial charge in [-0.25, -0.2) is 21.6 Å². The number of aliphatic carboxylic acids is 1. The van der Waals surface area contributed by atoms with Gasteiger partial charge in [0.1, 0.15) is 15.9 Å². The number of hydrogen-bond donors (Lipinski definition) is 2. The average molecular weight is 683 g/mol. The number of carbonyl (C=O) groups excluding carboxylic acids is 1. The number of alkyl halides is 3. The first-order chi connectivity index (χ1) is 21.4. The average Bonchev–Trinajstić information content (AvgIpc) is 2.96. The van der Waals surface area contributed by atoms with Crippen molar-refractivity contribution in [1.82, 2.24) is 9.62 Å². The summed E-state index contributed by atoms with van der Waals surface area (Å²) in [4.78, 5) is 25.2. The van der Waals surface area contributed by atoms with E-state index < -0.39 is 68.3 Å². The van der Waals surface area contributed by atoms with Crippen molar-refractivity contribution in [2.75, 3.05) is 24.3 Å². The van der Waals surface area contributed by atoms with Gasteiger partial charge in [-0.15, -0.1) is 0 Å². The summed E-state index contributed by atoms with van der Waals surface area (Å²) in [6.07, 6.45) is -5.39. The Morgan fingerprint density at radius 1 is 0.891 bits per heavy atom. The Hall–Kier alpha value is -3.75. The molecule has 9 nitrogen and oxygen atoms in total. The predicted molar refractivity (Wildman–Crippen MR) is 169 cm³/mol. The number of carboxylic acids is 1. The third-order valence-electron chi connectivity index (χ3n) is 7.25. The number of nitrogens with zero attached hydrogens (tertiary/aromatic N) is 1. The van der Waals surface area contributed by atoms with Crippen LogP contribution >= 0.6 is 0 Å². The van der Waals surface area contributed by atoms with Crippen LogP contribution in [0.5, 0.6) is 0 Å². The number of halogens is 3. The Balaban J connectivity index is 1.98. The van der Waals surface area contributed by atoms with E-state index in [9.17, 15) is 44.7 Å². The summed E-state index contributed by atoms with van der Waals surface area (Å²) < 4.78 is 89.5. The van der Waals surface area contributed by atoms with E-state index in [2.05, 4.69) is 5.32 Å². The van der Waals surface area contributed by atoms with Gasteiger partial charge in [0.15, 0.2) is 0 Å². The lowest BCUT2D eigenvalue weighted by Crippen LogP contribution is -2.42. The van der Waals surface area contributed by atoms with Crippen molar-refractivity contribution in [3.63, 3.8) is 0 Å². The van der Waals surface area contributed by atoms with Gasteiger partial charge in [-0.05, 0) is 66.1 Å². The normalized spacial score (nSPS) is 13.0. The van der Waals surface area contributed by atoms with E-state index in [0.29, 0.717) is 23.1 Å². The molecule has 1 unspecified atom stereocenters. The van der Waals surface area contributed by atoms with Crippen LogP contribution in [0, 0.1) is 6.92 Å². The van der Waals surface area contributed by atoms with Gasteiger partial charge in [0, 0.05) is 31.3 Å². The minimum absolute atomic E-state index is 0.000921. The lowest BCUT2D eigenvalue weighted by atomic mass is 9.93. The van der Waals surface area contributed by atoms with Crippen molar-refractivity contribution in [2.45, 2.75) is 51.4 Å². The van der Waals surface area contributed by atoms with Gasteiger partial charge in [-0.1, -0.05) is 60.7 Å². The van der Waals surface area contributed by atoms with Crippen molar-refractivity contribution in [3.05, 3.63) is 95.1 Å². The highest BCUT2D eigenvalue weighted by Gasteiger charge is 2.30. The Kier molecular flexibility index (Phi) is 12.5. The van der Waals surface area contributed by atoms with Crippen LogP contribution in [0.1, 0.15) is 46.3 Å². The quantitative estimate of drug-likeness (QED) is 0.217. The highest BCUT2D eigenvalue weighted by Crippen LogP contribution is 2.30. The van der Waals surface area contributed by atoms with Gasteiger partial charge < -0.3 is 10.4 Å². The highest BCUT2D eigenvalue weighted by atomic mass is 32.2. The molecule has 3 aromatic rings. The van der Waals surface area contributed by atoms with Crippen LogP contribution in [0.3, 0.4) is 0 Å². The minimum Gasteiger partial charge on any atom is -0.480 e. The zero-order valence-electron chi connectivity index (χ0n) is 25.5. The number of benzene rings is 3. The Bertz CT molecular complexity index is 1730. The van der Waals surface area contributed by atoms with Crippen LogP contribution in [-0.2, 0) is 37.6 Å². The Labute approximate surface area is 267 Å². The van der Waals surface area contributed by atoms with E-state index in [1.807, 2.05) is 18.2 Å². The zero-order valence-corrected chi connectivity index (χ0v) is 27.1. The third-order valence-corrected chi connectivity index (χ3v) is 10.1. The van der Waals surface area contributed by atoms with Crippen molar-refractivity contribution in [1.29, 1.82) is 0 Å². The Morgan fingerprint density at radius 3 is 2.15 bits per heavy atom. The van der Waals surface area contributed by atoms with Gasteiger partial charge in [-0.2, -0.15) is 17.5 Å². The van der Waals surface area contributed by atoms with Crippen LogP contribution in [0.15, 0.2) is 72.8 Å². The molecule has 0 fully saturated rings. The summed E-state index contributed by atoms with van der Waals surface area (Å²) in [5, 5.41) is 12.0. The van der Waals surface area contributed by atoms with Gasteiger partial charge in [0.2, 0.25) is 10.0 Å². The number of sulfone groups is 1. The van der Waals surface area contributed by atoms with E-state index in [-0.39, 0.29) is 25.1 Å². The topological polar surface area (TPSA) is 138 Å². The molecule has 0 aliphatic carbocycles. The van der Waals surface area contributed by atoms with E-state index in [1.165, 1.54) is 12.1 Å². The molecule has 14 heteroatoms. The SMILES string of the molecule is Cc1ccccc1-c1cc(CN(CCc2ccccc2)S(=O)(=O)CCCC(F)(F)F)ccc1C(=O)NC(CCS(C)(=O)=O)C(=O)O. The molecule has 1 atom stereocenters. The number of aryl methyl sites for hydroxylation is 1. The molecule has 0 aromatic heterocycles. The van der Waals surface area contributed by atoms with E-state index in [1.54, 1.807) is 49.4 Å². The van der Waals surface area contributed by atoms with Gasteiger partial charge in [0.25, 0.3) is 5.91 Å². The number of carboxylic acid groups (broad SMARTS) is 1. The summed E-state index contributed by atoms with van der Waals surface area (Å²) in [6, 6.07) is 19.1. The van der Waals surface area contributed by atoms with E-state index >= 15 is 0 Å². The molecule has 0 bridgehead atoms. The summed E-state index contributed by atoms with van der Waals surface area (Å²) in [6.45, 7) is 1.61. The van der Waals surface area contributed by atoms with Crippen LogP contribution in [0.2, 0.25) is 0 Å². The largest absolute Gasteiger partial charge is 0.480 e. The summed E-state index contributed by atoms with van der Waals surface area (Å²) in [7, 11) is -7.63. The van der Waals surface area contributed by atoms with Crippen molar-refractivity contribution >= 4 is 31.7 Å². The molecule has 46 heavy (non-hydrogen) atoms. The monoisotopic (exact) mass is 682 g/mol. The summed E-state index contributed by atoms with van der Waals surface area (Å²) in [5.74, 6) is -3.33. The summed E-state index contributed by atoms with van der Waals surface area (Å²) in [5.41, 5.74) is 3.12. The van der Waals surface area contributed by atoms with E-state index in [0.717, 1.165) is 21.7 Å². The lowest BCUT2D eigenvalue weighted by Gasteiger charge is -2.24. The molecule has 0 heterocycles. The first-order valence-corrected chi connectivity index (χ1v) is 18.1. The zero-order chi connectivity index (χ0) is 34.1. The molecule has 0 aliphatic rings. The Morgan fingerprint density at radius 2 is 1.54 bits per heavy atom. The molecular weight excluding hydrogens is 645 g/mol. The summed E-state index contributed by atoms with van der Waals surface area (Å²) >= 11 is 0. The number of nitrogens with one attached hydrogen (secondary N) is 1. The number of rotatable bonds is 16. The van der Waals surface area contributed by atoms with Crippen LogP contribution < -0.4 is 5.32 Å². The lowest BCUT2D eigenvalue weighted by molar-refractivity contribution is -0.139. The van der Waals surface area contributed by atoms with Crippen molar-refractivity contribution in [2.24, 2.45) is 0 Å². The number of sulfonamides is 1. The minimum atomic E-state index is -4.49. The second-order valence-electron chi connectivity index (χ2n) is 11.1. The molecule has 0 saturated carbocycles. The van der Waals surface area contributed by atoms with Gasteiger partial charge in [0.05, 0.1) is 11.5 Å². The number of hydrogen-bond acceptors (Lipinski definition) is 6. The molecule has 1 amide bonds. The van der Waals surface area contributed by atoms with Gasteiger partial charge in [-0.3, -0.25) is 4.79 Å². The van der Waals surface area contributed by atoms with Crippen LogP contribution in [-0.4, -0.2) is 74.6 Å². The van der Waals surface area contributed by atoms with E-state index in [4.69, 9.17) is 0 Å². The fourth-order valence-electron chi connectivity index (χ4n) is 4.81. The molecule has 0 radical (unpaired) electrons. The molecule has 0 spiro atoms. The smallest absolute Gasteiger partial charge is 0.389 e. The maximum Gasteiger partial charge on any atom is 0.389 e. The standard InChI is InChI=1S/C32H37F3N2O7S2/c1-23-9-6-7-12-26(23)28-21-25(13-14-27(28)30(38)36-29(31(39)40)16-20-45(2,41)42)22-37(18-15-24-10-4-3-5-11-24)46(43,44)19-8-17-32(33,34)35/h3-7,9-14,21,29H,8,15-20,22H2,1-2H3,(H,36,38)(H,39,40). The van der Waals surface area contributed by atoms with Crippen LogP contribution in [0.4, 0.5) is 13.2 Å². The number of carbonyl (C=O) groups is 2. The first kappa shape index (κ1) is 36.7. The fourth-order valence-corrected chi connectivity index (χ4v) is 6.96. The molecule has 2 N–H and O–H groups in total. The second-order valence-corrected chi connectivity index (χ2v) is 15.4. The first-order valence-electron chi connectivity index (χ1n) is 14.4. The maximum absolute atomic E-state index is 13.4. The van der Waals surface area contributed by atoms with Crippen LogP contribution in [0.25, 0.3) is 11.1 Å². The third kappa shape index (κ3) is 11.6. The second kappa shape index (κ2) is 15.7. The highest BCUT2D eigenvalue weighted by molar-refractivity contribution is 7.90. The molecule has 3 rings (SSSR count). The molecule has 0 saturated heterocycles. The molecule has 250 valence electrons. The number of amides is 1. The maximum atomic E-state index is 13.4. The predicted octanol–water partition coefficient (Wildman–Crippen LogP) is 5.00. The molecule has 3 aromatic carbocycles. The fraction of sp³-hybridized carbons (Fsp3) is 0.375. The molecule has 0 aliphatic heterocycles. The molecular formula is C32H37F3N2O7S2. The van der Waals surface area contributed by atoms with Crippen molar-refractivity contribution in [3.8, 4) is 11.1 Å².